The summed E-state index contributed by atoms with van der Waals surface area (Å²) in [5, 5.41) is 0. The molecule has 124 valence electrons. The van der Waals surface area contributed by atoms with E-state index in [0.717, 1.165) is 16.8 Å². The van der Waals surface area contributed by atoms with Crippen molar-refractivity contribution in [3.05, 3.63) is 71.8 Å². The molecule has 0 spiro atoms. The Kier molecular flexibility index (Phi) is 5.90. The van der Waals surface area contributed by atoms with Gasteiger partial charge in [0.15, 0.2) is 6.10 Å². The largest absolute Gasteiger partial charge is 0.449 e. The number of anilines is 1. The molecule has 0 saturated carbocycles. The summed E-state index contributed by atoms with van der Waals surface area (Å²) in [6, 6.07) is 17.0. The number of para-hydroxylation sites is 1. The Bertz CT molecular complexity index is 738. The number of likely N-dealkylation sites (N-methyl/N-ethyl adjacent to an activating group) is 1. The fraction of sp³-hybridized carbons (Fsp3) is 0.200. The molecule has 0 unspecified atom stereocenters. The van der Waals surface area contributed by atoms with Crippen molar-refractivity contribution < 1.29 is 14.3 Å². The van der Waals surface area contributed by atoms with Crippen LogP contribution in [0.3, 0.4) is 0 Å². The van der Waals surface area contributed by atoms with E-state index in [1.807, 2.05) is 61.5 Å². The maximum absolute atomic E-state index is 12.3. The summed E-state index contributed by atoms with van der Waals surface area (Å²) < 4.78 is 5.19. The lowest BCUT2D eigenvalue weighted by Crippen LogP contribution is -2.37. The third kappa shape index (κ3) is 4.81. The van der Waals surface area contributed by atoms with Gasteiger partial charge in [-0.05, 0) is 37.6 Å². The smallest absolute Gasteiger partial charge is 0.331 e. The lowest BCUT2D eigenvalue weighted by atomic mass is 10.1. The molecule has 24 heavy (non-hydrogen) atoms. The van der Waals surface area contributed by atoms with E-state index >= 15 is 0 Å². The molecule has 0 bridgehead atoms. The van der Waals surface area contributed by atoms with Gasteiger partial charge in [0.2, 0.25) is 0 Å². The molecule has 0 aliphatic carbocycles. The predicted molar refractivity (Wildman–Crippen MR) is 95.6 cm³/mol. The van der Waals surface area contributed by atoms with Crippen LogP contribution in [0.4, 0.5) is 5.69 Å². The van der Waals surface area contributed by atoms with Gasteiger partial charge in [-0.3, -0.25) is 4.79 Å². The SMILES string of the molecule is Cc1cccc(/C=C/C(=O)O[C@H](C)C(=O)N(C)c2ccccc2)c1. The minimum absolute atomic E-state index is 0.279. The van der Waals surface area contributed by atoms with Crippen molar-refractivity contribution in [3.8, 4) is 0 Å². The van der Waals surface area contributed by atoms with E-state index in [9.17, 15) is 9.59 Å². The fourth-order valence-corrected chi connectivity index (χ4v) is 2.25. The molecule has 0 N–H and O–H groups in total. The van der Waals surface area contributed by atoms with Gasteiger partial charge in [-0.1, -0.05) is 48.0 Å². The summed E-state index contributed by atoms with van der Waals surface area (Å²) in [5.41, 5.74) is 2.77. The molecule has 0 aliphatic heterocycles. The number of carbonyl (C=O) groups excluding carboxylic acids is 2. The lowest BCUT2D eigenvalue weighted by Gasteiger charge is -2.21. The van der Waals surface area contributed by atoms with Crippen LogP contribution in [0.15, 0.2) is 60.7 Å². The molecular weight excluding hydrogens is 302 g/mol. The Morgan fingerprint density at radius 2 is 1.79 bits per heavy atom. The van der Waals surface area contributed by atoms with Crippen molar-refractivity contribution in [3.63, 3.8) is 0 Å². The van der Waals surface area contributed by atoms with Crippen molar-refractivity contribution in [1.29, 1.82) is 0 Å². The van der Waals surface area contributed by atoms with Crippen LogP contribution >= 0.6 is 0 Å². The Hall–Kier alpha value is -2.88. The molecule has 2 aromatic rings. The van der Waals surface area contributed by atoms with Crippen molar-refractivity contribution >= 4 is 23.6 Å². The minimum Gasteiger partial charge on any atom is -0.449 e. The van der Waals surface area contributed by atoms with E-state index in [2.05, 4.69) is 0 Å². The Labute approximate surface area is 142 Å². The molecule has 4 heteroatoms. The average Bonchev–Trinajstić information content (AvgIpc) is 2.59. The van der Waals surface area contributed by atoms with Crippen LogP contribution in [0.1, 0.15) is 18.1 Å². The highest BCUT2D eigenvalue weighted by Gasteiger charge is 2.21. The number of ether oxygens (including phenoxy) is 1. The molecular formula is C20H21NO3. The number of esters is 1. The van der Waals surface area contributed by atoms with Gasteiger partial charge in [-0.2, -0.15) is 0 Å². The van der Waals surface area contributed by atoms with Crippen LogP contribution in [0.2, 0.25) is 0 Å². The summed E-state index contributed by atoms with van der Waals surface area (Å²) in [6.07, 6.45) is 2.15. The van der Waals surface area contributed by atoms with E-state index in [4.69, 9.17) is 4.74 Å². The van der Waals surface area contributed by atoms with Crippen LogP contribution in [0, 0.1) is 6.92 Å². The quantitative estimate of drug-likeness (QED) is 0.624. The molecule has 0 aromatic heterocycles. The molecule has 1 amide bonds. The maximum Gasteiger partial charge on any atom is 0.331 e. The van der Waals surface area contributed by atoms with Crippen molar-refractivity contribution in [2.24, 2.45) is 0 Å². The summed E-state index contributed by atoms with van der Waals surface area (Å²) in [6.45, 7) is 3.55. The number of nitrogens with zero attached hydrogens (tertiary/aromatic N) is 1. The van der Waals surface area contributed by atoms with Gasteiger partial charge in [0.1, 0.15) is 0 Å². The first-order valence-electron chi connectivity index (χ1n) is 7.75. The maximum atomic E-state index is 12.3. The molecule has 2 aromatic carbocycles. The molecule has 4 nitrogen and oxygen atoms in total. The first-order chi connectivity index (χ1) is 11.5. The molecule has 0 heterocycles. The number of amides is 1. The number of benzene rings is 2. The van der Waals surface area contributed by atoms with Crippen LogP contribution in [-0.4, -0.2) is 25.0 Å². The first-order valence-corrected chi connectivity index (χ1v) is 7.75. The van der Waals surface area contributed by atoms with E-state index in [0.29, 0.717) is 0 Å². The van der Waals surface area contributed by atoms with Crippen molar-refractivity contribution in [1.82, 2.24) is 0 Å². The standard InChI is InChI=1S/C20H21NO3/c1-15-8-7-9-17(14-15)12-13-19(22)24-16(2)20(23)21(3)18-10-5-4-6-11-18/h4-14,16H,1-3H3/b13-12+/t16-/m1/s1. The normalized spacial score (nSPS) is 12.0. The number of hydrogen-bond donors (Lipinski definition) is 0. The van der Waals surface area contributed by atoms with Gasteiger partial charge in [-0.15, -0.1) is 0 Å². The highest BCUT2D eigenvalue weighted by molar-refractivity contribution is 5.98. The molecule has 0 fully saturated rings. The highest BCUT2D eigenvalue weighted by atomic mass is 16.5. The molecule has 2 rings (SSSR count). The Morgan fingerprint density at radius 1 is 1.08 bits per heavy atom. The van der Waals surface area contributed by atoms with E-state index in [-0.39, 0.29) is 5.91 Å². The monoisotopic (exact) mass is 323 g/mol. The third-order valence-electron chi connectivity index (χ3n) is 3.57. The average molecular weight is 323 g/mol. The second-order valence-corrected chi connectivity index (χ2v) is 5.56. The minimum atomic E-state index is -0.857. The van der Waals surface area contributed by atoms with Gasteiger partial charge in [0, 0.05) is 18.8 Å². The second kappa shape index (κ2) is 8.11. The summed E-state index contributed by atoms with van der Waals surface area (Å²) in [4.78, 5) is 25.7. The molecule has 0 radical (unpaired) electrons. The second-order valence-electron chi connectivity index (χ2n) is 5.56. The number of aryl methyl sites for hydroxylation is 1. The number of carbonyl (C=O) groups is 2. The lowest BCUT2D eigenvalue weighted by molar-refractivity contribution is -0.148. The van der Waals surface area contributed by atoms with Gasteiger partial charge in [-0.25, -0.2) is 4.79 Å². The van der Waals surface area contributed by atoms with Crippen molar-refractivity contribution in [2.45, 2.75) is 20.0 Å². The van der Waals surface area contributed by atoms with Crippen LogP contribution in [-0.2, 0) is 14.3 Å². The van der Waals surface area contributed by atoms with Gasteiger partial charge >= 0.3 is 5.97 Å². The van der Waals surface area contributed by atoms with E-state index in [1.54, 1.807) is 20.0 Å². The fourth-order valence-electron chi connectivity index (χ4n) is 2.25. The van der Waals surface area contributed by atoms with Gasteiger partial charge in [0.25, 0.3) is 5.91 Å². The third-order valence-corrected chi connectivity index (χ3v) is 3.57. The van der Waals surface area contributed by atoms with Gasteiger partial charge in [0.05, 0.1) is 0 Å². The Balaban J connectivity index is 1.94. The van der Waals surface area contributed by atoms with E-state index < -0.39 is 12.1 Å². The van der Waals surface area contributed by atoms with Crippen LogP contribution in [0.25, 0.3) is 6.08 Å². The highest BCUT2D eigenvalue weighted by Crippen LogP contribution is 2.13. The number of rotatable bonds is 5. The topological polar surface area (TPSA) is 46.6 Å². The number of hydrogen-bond acceptors (Lipinski definition) is 3. The predicted octanol–water partition coefficient (Wildman–Crippen LogP) is 3.60. The van der Waals surface area contributed by atoms with Gasteiger partial charge < -0.3 is 9.64 Å². The zero-order valence-electron chi connectivity index (χ0n) is 14.1. The molecule has 0 saturated heterocycles. The van der Waals surface area contributed by atoms with Crippen LogP contribution < -0.4 is 4.90 Å². The zero-order valence-corrected chi connectivity index (χ0v) is 14.1. The van der Waals surface area contributed by atoms with Crippen molar-refractivity contribution in [2.75, 3.05) is 11.9 Å². The van der Waals surface area contributed by atoms with Crippen LogP contribution in [0.5, 0.6) is 0 Å². The summed E-state index contributed by atoms with van der Waals surface area (Å²) in [7, 11) is 1.66. The first kappa shape index (κ1) is 17.5. The summed E-state index contributed by atoms with van der Waals surface area (Å²) in [5.74, 6) is -0.822. The van der Waals surface area contributed by atoms with E-state index in [1.165, 1.54) is 11.0 Å². The molecule has 0 aliphatic rings. The molecule has 1 atom stereocenters. The Morgan fingerprint density at radius 3 is 2.46 bits per heavy atom. The zero-order chi connectivity index (χ0) is 17.5. The summed E-state index contributed by atoms with van der Waals surface area (Å²) >= 11 is 0.